The van der Waals surface area contributed by atoms with Gasteiger partial charge in [0.25, 0.3) is 0 Å². The number of aromatic amines is 1. The maximum absolute atomic E-state index is 4.47. The molecular formula is C18H15N3. The highest BCUT2D eigenvalue weighted by atomic mass is 14.9. The molecule has 2 aromatic carbocycles. The van der Waals surface area contributed by atoms with Gasteiger partial charge in [-0.2, -0.15) is 0 Å². The summed E-state index contributed by atoms with van der Waals surface area (Å²) in [4.78, 5) is 7.78. The zero-order valence-electron chi connectivity index (χ0n) is 11.5. The second kappa shape index (κ2) is 4.94. The van der Waals surface area contributed by atoms with Gasteiger partial charge < -0.3 is 10.3 Å². The van der Waals surface area contributed by atoms with E-state index in [4.69, 9.17) is 0 Å². The van der Waals surface area contributed by atoms with Gasteiger partial charge in [0.15, 0.2) is 0 Å². The number of nitrogens with one attached hydrogen (secondary N) is 2. The standard InChI is InChI=1S/C18H15N3/c1-2-8-16-15(7-1)14(11-20-16)12-21-17-9-3-5-13-6-4-10-19-18(13)17/h1-11,20-21H,12H2. The van der Waals surface area contributed by atoms with E-state index in [1.165, 1.54) is 16.5 Å². The molecule has 21 heavy (non-hydrogen) atoms. The van der Waals surface area contributed by atoms with Crippen LogP contribution in [0.15, 0.2) is 67.0 Å². The molecule has 4 rings (SSSR count). The van der Waals surface area contributed by atoms with E-state index < -0.39 is 0 Å². The van der Waals surface area contributed by atoms with Crippen molar-refractivity contribution in [3.8, 4) is 0 Å². The number of fused-ring (bicyclic) bond motifs is 2. The summed E-state index contributed by atoms with van der Waals surface area (Å²) in [5.41, 5.74) is 4.52. The normalized spacial score (nSPS) is 11.0. The van der Waals surface area contributed by atoms with Crippen molar-refractivity contribution in [2.75, 3.05) is 5.32 Å². The Morgan fingerprint density at radius 3 is 2.86 bits per heavy atom. The van der Waals surface area contributed by atoms with Crippen LogP contribution in [-0.4, -0.2) is 9.97 Å². The molecular weight excluding hydrogens is 258 g/mol. The van der Waals surface area contributed by atoms with Gasteiger partial charge >= 0.3 is 0 Å². The Morgan fingerprint density at radius 1 is 0.952 bits per heavy atom. The van der Waals surface area contributed by atoms with E-state index >= 15 is 0 Å². The molecule has 0 amide bonds. The Hall–Kier alpha value is -2.81. The molecule has 102 valence electrons. The lowest BCUT2D eigenvalue weighted by Crippen LogP contribution is -1.99. The van der Waals surface area contributed by atoms with Gasteiger partial charge in [0.05, 0.1) is 11.2 Å². The van der Waals surface area contributed by atoms with Crippen molar-refractivity contribution in [2.24, 2.45) is 0 Å². The molecule has 0 saturated carbocycles. The molecule has 0 atom stereocenters. The predicted octanol–water partition coefficient (Wildman–Crippen LogP) is 4.33. The fourth-order valence-corrected chi connectivity index (χ4v) is 2.72. The average Bonchev–Trinajstić information content (AvgIpc) is 2.96. The zero-order valence-corrected chi connectivity index (χ0v) is 11.5. The lowest BCUT2D eigenvalue weighted by molar-refractivity contribution is 1.16. The van der Waals surface area contributed by atoms with Crippen molar-refractivity contribution < 1.29 is 0 Å². The predicted molar refractivity (Wildman–Crippen MR) is 87.4 cm³/mol. The van der Waals surface area contributed by atoms with Crippen molar-refractivity contribution in [3.63, 3.8) is 0 Å². The van der Waals surface area contributed by atoms with Crippen LogP contribution in [0.1, 0.15) is 5.56 Å². The summed E-state index contributed by atoms with van der Waals surface area (Å²) < 4.78 is 0. The summed E-state index contributed by atoms with van der Waals surface area (Å²) in [5.74, 6) is 0. The summed E-state index contributed by atoms with van der Waals surface area (Å²) in [6.45, 7) is 0.777. The number of aromatic nitrogens is 2. The van der Waals surface area contributed by atoms with Gasteiger partial charge in [-0.25, -0.2) is 0 Å². The maximum atomic E-state index is 4.47. The summed E-state index contributed by atoms with van der Waals surface area (Å²) in [6.07, 6.45) is 3.90. The average molecular weight is 273 g/mol. The minimum absolute atomic E-state index is 0.777. The van der Waals surface area contributed by atoms with Gasteiger partial charge in [-0.3, -0.25) is 4.98 Å². The van der Waals surface area contributed by atoms with Gasteiger partial charge in [0.2, 0.25) is 0 Å². The van der Waals surface area contributed by atoms with E-state index in [1.807, 2.05) is 18.3 Å². The molecule has 0 radical (unpaired) electrons. The van der Waals surface area contributed by atoms with Crippen LogP contribution in [0.2, 0.25) is 0 Å². The number of rotatable bonds is 3. The van der Waals surface area contributed by atoms with Crippen LogP contribution in [-0.2, 0) is 6.54 Å². The molecule has 4 aromatic rings. The van der Waals surface area contributed by atoms with Crippen molar-refractivity contribution in [1.29, 1.82) is 0 Å². The Balaban J connectivity index is 1.67. The number of anilines is 1. The van der Waals surface area contributed by atoms with Crippen LogP contribution in [0.4, 0.5) is 5.69 Å². The van der Waals surface area contributed by atoms with E-state index in [0.29, 0.717) is 0 Å². The van der Waals surface area contributed by atoms with Crippen LogP contribution < -0.4 is 5.32 Å². The first-order valence-corrected chi connectivity index (χ1v) is 7.04. The second-order valence-corrected chi connectivity index (χ2v) is 5.09. The van der Waals surface area contributed by atoms with Crippen molar-refractivity contribution in [1.82, 2.24) is 9.97 Å². The molecule has 0 aliphatic carbocycles. The van der Waals surface area contributed by atoms with Crippen LogP contribution in [0, 0.1) is 0 Å². The number of H-pyrrole nitrogens is 1. The smallest absolute Gasteiger partial charge is 0.0933 e. The summed E-state index contributed by atoms with van der Waals surface area (Å²) in [7, 11) is 0. The molecule has 2 aromatic heterocycles. The molecule has 2 heterocycles. The minimum Gasteiger partial charge on any atom is -0.379 e. The molecule has 0 spiro atoms. The molecule has 0 saturated heterocycles. The first-order valence-electron chi connectivity index (χ1n) is 7.04. The largest absolute Gasteiger partial charge is 0.379 e. The third-order valence-corrected chi connectivity index (χ3v) is 3.78. The summed E-state index contributed by atoms with van der Waals surface area (Å²) in [5, 5.41) is 5.92. The van der Waals surface area contributed by atoms with E-state index in [0.717, 1.165) is 23.1 Å². The Labute approximate surface area is 122 Å². The molecule has 2 N–H and O–H groups in total. The fraction of sp³-hybridized carbons (Fsp3) is 0.0556. The molecule has 3 nitrogen and oxygen atoms in total. The van der Waals surface area contributed by atoms with Gasteiger partial charge in [0, 0.05) is 35.2 Å². The van der Waals surface area contributed by atoms with Gasteiger partial charge in [-0.15, -0.1) is 0 Å². The van der Waals surface area contributed by atoms with Gasteiger partial charge in [-0.05, 0) is 23.8 Å². The molecule has 3 heteroatoms. The monoisotopic (exact) mass is 273 g/mol. The van der Waals surface area contributed by atoms with Gasteiger partial charge in [-0.1, -0.05) is 36.4 Å². The minimum atomic E-state index is 0.777. The highest BCUT2D eigenvalue weighted by molar-refractivity contribution is 5.90. The first-order chi connectivity index (χ1) is 10.4. The van der Waals surface area contributed by atoms with Crippen LogP contribution in [0.3, 0.4) is 0 Å². The number of para-hydroxylation sites is 2. The number of hydrogen-bond acceptors (Lipinski definition) is 2. The molecule has 0 bridgehead atoms. The van der Waals surface area contributed by atoms with E-state index in [1.54, 1.807) is 0 Å². The maximum Gasteiger partial charge on any atom is 0.0933 e. The van der Waals surface area contributed by atoms with Crippen LogP contribution in [0.25, 0.3) is 21.8 Å². The molecule has 0 aliphatic heterocycles. The first kappa shape index (κ1) is 12.0. The molecule has 0 unspecified atom stereocenters. The summed E-state index contributed by atoms with van der Waals surface area (Å²) in [6, 6.07) is 18.6. The topological polar surface area (TPSA) is 40.7 Å². The Kier molecular flexibility index (Phi) is 2.82. The lowest BCUT2D eigenvalue weighted by Gasteiger charge is -2.08. The van der Waals surface area contributed by atoms with E-state index in [9.17, 15) is 0 Å². The highest BCUT2D eigenvalue weighted by Gasteiger charge is 2.04. The van der Waals surface area contributed by atoms with Crippen molar-refractivity contribution >= 4 is 27.5 Å². The zero-order chi connectivity index (χ0) is 14.1. The number of benzene rings is 2. The fourth-order valence-electron chi connectivity index (χ4n) is 2.72. The Morgan fingerprint density at radius 2 is 1.86 bits per heavy atom. The van der Waals surface area contributed by atoms with Gasteiger partial charge in [0.1, 0.15) is 0 Å². The quantitative estimate of drug-likeness (QED) is 0.583. The van der Waals surface area contributed by atoms with Crippen LogP contribution >= 0.6 is 0 Å². The molecule has 0 aliphatic rings. The molecule has 0 fully saturated rings. The Bertz CT molecular complexity index is 903. The number of nitrogens with zero attached hydrogens (tertiary/aromatic N) is 1. The van der Waals surface area contributed by atoms with Crippen LogP contribution in [0.5, 0.6) is 0 Å². The van der Waals surface area contributed by atoms with Crippen molar-refractivity contribution in [3.05, 3.63) is 72.6 Å². The second-order valence-electron chi connectivity index (χ2n) is 5.09. The van der Waals surface area contributed by atoms with E-state index in [-0.39, 0.29) is 0 Å². The van der Waals surface area contributed by atoms with E-state index in [2.05, 4.69) is 63.9 Å². The lowest BCUT2D eigenvalue weighted by atomic mass is 10.1. The summed E-state index contributed by atoms with van der Waals surface area (Å²) >= 11 is 0. The number of hydrogen-bond donors (Lipinski definition) is 2. The number of pyridine rings is 1. The third-order valence-electron chi connectivity index (χ3n) is 3.78. The SMILES string of the molecule is c1cnc2c(NCc3c[nH]c4ccccc34)cccc2c1. The third kappa shape index (κ3) is 2.13. The van der Waals surface area contributed by atoms with Crippen molar-refractivity contribution in [2.45, 2.75) is 6.54 Å². The highest BCUT2D eigenvalue weighted by Crippen LogP contribution is 2.23.